The first-order valence-corrected chi connectivity index (χ1v) is 4.78. The van der Waals surface area contributed by atoms with Crippen LogP contribution < -0.4 is 0 Å². The highest BCUT2D eigenvalue weighted by atomic mass is 32.2. The number of carboxylic acid groups (broad SMARTS) is 1. The van der Waals surface area contributed by atoms with Gasteiger partial charge in [0.15, 0.2) is 6.29 Å². The van der Waals surface area contributed by atoms with Crippen molar-refractivity contribution in [3.63, 3.8) is 0 Å². The molecule has 0 radical (unpaired) electrons. The van der Waals surface area contributed by atoms with Gasteiger partial charge in [-0.05, 0) is 24.5 Å². The van der Waals surface area contributed by atoms with Gasteiger partial charge >= 0.3 is 5.97 Å². The van der Waals surface area contributed by atoms with Crippen molar-refractivity contribution >= 4 is 24.0 Å². The van der Waals surface area contributed by atoms with Crippen LogP contribution in [0.25, 0.3) is 0 Å². The Labute approximate surface area is 79.8 Å². The minimum atomic E-state index is -0.979. The molecule has 13 heavy (non-hydrogen) atoms. The van der Waals surface area contributed by atoms with E-state index in [9.17, 15) is 9.59 Å². The summed E-state index contributed by atoms with van der Waals surface area (Å²) in [5.74, 6) is -0.979. The molecule has 1 rings (SSSR count). The van der Waals surface area contributed by atoms with Gasteiger partial charge in [0.1, 0.15) is 0 Å². The molecule has 0 aliphatic rings. The second-order valence-corrected chi connectivity index (χ2v) is 3.23. The third kappa shape index (κ3) is 2.09. The van der Waals surface area contributed by atoms with E-state index in [1.807, 2.05) is 0 Å². The number of benzene rings is 1. The third-order valence-electron chi connectivity index (χ3n) is 1.61. The Kier molecular flexibility index (Phi) is 3.08. The number of carbonyl (C=O) groups is 2. The second-order valence-electron chi connectivity index (χ2n) is 2.38. The Hall–Kier alpha value is -1.29. The molecule has 1 aromatic carbocycles. The molecule has 1 N–H and O–H groups in total. The van der Waals surface area contributed by atoms with Crippen LogP contribution in [0, 0.1) is 0 Å². The summed E-state index contributed by atoms with van der Waals surface area (Å²) in [5, 5.41) is 8.67. The second kappa shape index (κ2) is 4.09. The van der Waals surface area contributed by atoms with E-state index in [2.05, 4.69) is 0 Å². The maximum absolute atomic E-state index is 10.6. The highest BCUT2D eigenvalue weighted by Crippen LogP contribution is 2.20. The molecule has 0 aliphatic carbocycles. The zero-order valence-electron chi connectivity index (χ0n) is 6.98. The highest BCUT2D eigenvalue weighted by Gasteiger charge is 2.06. The van der Waals surface area contributed by atoms with Gasteiger partial charge in [-0.1, -0.05) is 0 Å². The number of hydrogen-bond acceptors (Lipinski definition) is 3. The van der Waals surface area contributed by atoms with Crippen LogP contribution in [0.15, 0.2) is 23.1 Å². The molecule has 0 bridgehead atoms. The molecular weight excluding hydrogens is 188 g/mol. The average Bonchev–Trinajstić information content (AvgIpc) is 2.16. The minimum Gasteiger partial charge on any atom is -0.478 e. The number of hydrogen-bond donors (Lipinski definition) is 1. The molecule has 3 nitrogen and oxygen atoms in total. The quantitative estimate of drug-likeness (QED) is 0.592. The van der Waals surface area contributed by atoms with Crippen molar-refractivity contribution in [2.24, 2.45) is 0 Å². The number of carbonyl (C=O) groups excluding carboxylic acids is 1. The number of thioether (sulfide) groups is 1. The fourth-order valence-corrected chi connectivity index (χ4v) is 1.54. The summed E-state index contributed by atoms with van der Waals surface area (Å²) in [6.45, 7) is 0. The van der Waals surface area contributed by atoms with E-state index in [0.29, 0.717) is 10.5 Å². The van der Waals surface area contributed by atoms with Gasteiger partial charge in [-0.15, -0.1) is 11.8 Å². The third-order valence-corrected chi connectivity index (χ3v) is 2.40. The highest BCUT2D eigenvalue weighted by molar-refractivity contribution is 7.98. The van der Waals surface area contributed by atoms with Gasteiger partial charge in [-0.25, -0.2) is 4.79 Å². The number of rotatable bonds is 3. The van der Waals surface area contributed by atoms with E-state index in [1.54, 1.807) is 6.26 Å². The van der Waals surface area contributed by atoms with Crippen molar-refractivity contribution in [1.29, 1.82) is 0 Å². The van der Waals surface area contributed by atoms with E-state index >= 15 is 0 Å². The molecule has 0 atom stereocenters. The lowest BCUT2D eigenvalue weighted by Gasteiger charge is -2.01. The normalized spacial score (nSPS) is 9.62. The van der Waals surface area contributed by atoms with Gasteiger partial charge in [0.05, 0.1) is 5.56 Å². The van der Waals surface area contributed by atoms with Crippen LogP contribution in [-0.2, 0) is 0 Å². The van der Waals surface area contributed by atoms with Crippen molar-refractivity contribution in [2.75, 3.05) is 6.26 Å². The van der Waals surface area contributed by atoms with Crippen molar-refractivity contribution in [2.45, 2.75) is 4.90 Å². The van der Waals surface area contributed by atoms with Gasteiger partial charge in [0.2, 0.25) is 0 Å². The van der Waals surface area contributed by atoms with Gasteiger partial charge < -0.3 is 5.11 Å². The van der Waals surface area contributed by atoms with Crippen LogP contribution in [0.4, 0.5) is 0 Å². The largest absolute Gasteiger partial charge is 0.478 e. The molecule has 0 fully saturated rings. The molecular formula is C9H8O3S. The molecule has 0 heterocycles. The predicted molar refractivity (Wildman–Crippen MR) is 50.6 cm³/mol. The zero-order chi connectivity index (χ0) is 9.84. The Bertz CT molecular complexity index is 347. The van der Waals surface area contributed by atoms with Crippen molar-refractivity contribution in [1.82, 2.24) is 0 Å². The summed E-state index contributed by atoms with van der Waals surface area (Å²) in [5.41, 5.74) is 0.729. The molecule has 0 aromatic heterocycles. The summed E-state index contributed by atoms with van der Waals surface area (Å²) in [6, 6.07) is 4.44. The maximum atomic E-state index is 10.6. The molecule has 4 heteroatoms. The molecule has 0 spiro atoms. The number of carboxylic acids is 1. The first-order valence-electron chi connectivity index (χ1n) is 3.55. The summed E-state index contributed by atoms with van der Waals surface area (Å²) in [6.07, 6.45) is 2.52. The lowest BCUT2D eigenvalue weighted by molar-refractivity contribution is 0.0696. The minimum absolute atomic E-state index is 0.204. The molecule has 68 valence electrons. The monoisotopic (exact) mass is 196 g/mol. The van der Waals surface area contributed by atoms with Gasteiger partial charge in [-0.2, -0.15) is 0 Å². The van der Waals surface area contributed by atoms with E-state index in [0.717, 1.165) is 6.29 Å². The smallest absolute Gasteiger partial charge is 0.335 e. The van der Waals surface area contributed by atoms with Crippen LogP contribution in [0.2, 0.25) is 0 Å². The first-order chi connectivity index (χ1) is 6.19. The summed E-state index contributed by atoms with van der Waals surface area (Å²) in [4.78, 5) is 21.8. The lowest BCUT2D eigenvalue weighted by atomic mass is 10.1. The van der Waals surface area contributed by atoms with E-state index in [4.69, 9.17) is 5.11 Å². The topological polar surface area (TPSA) is 54.4 Å². The van der Waals surface area contributed by atoms with Crippen molar-refractivity contribution in [3.05, 3.63) is 29.3 Å². The van der Waals surface area contributed by atoms with Gasteiger partial charge in [-0.3, -0.25) is 4.79 Å². The molecule has 0 aliphatic heterocycles. The van der Waals surface area contributed by atoms with Crippen LogP contribution in [0.1, 0.15) is 20.7 Å². The summed E-state index contributed by atoms with van der Waals surface area (Å²) in [7, 11) is 0. The van der Waals surface area contributed by atoms with Gasteiger partial charge in [0.25, 0.3) is 0 Å². The average molecular weight is 196 g/mol. The van der Waals surface area contributed by atoms with Crippen molar-refractivity contribution in [3.8, 4) is 0 Å². The molecule has 1 aromatic rings. The fourth-order valence-electron chi connectivity index (χ4n) is 0.942. The lowest BCUT2D eigenvalue weighted by Crippen LogP contribution is -1.97. The van der Waals surface area contributed by atoms with E-state index in [1.165, 1.54) is 30.0 Å². The summed E-state index contributed by atoms with van der Waals surface area (Å²) < 4.78 is 0. The Morgan fingerprint density at radius 3 is 2.69 bits per heavy atom. The predicted octanol–water partition coefficient (Wildman–Crippen LogP) is 1.92. The van der Waals surface area contributed by atoms with Crippen LogP contribution >= 0.6 is 11.8 Å². The van der Waals surface area contributed by atoms with Crippen molar-refractivity contribution < 1.29 is 14.7 Å². The Morgan fingerprint density at radius 1 is 1.54 bits per heavy atom. The Balaban J connectivity index is 3.20. The maximum Gasteiger partial charge on any atom is 0.335 e. The fraction of sp³-hybridized carbons (Fsp3) is 0.111. The van der Waals surface area contributed by atoms with E-state index in [-0.39, 0.29) is 5.56 Å². The van der Waals surface area contributed by atoms with Gasteiger partial charge in [0, 0.05) is 10.5 Å². The SMILES string of the molecule is CSc1cc(C(=O)O)ccc1C=O. The Morgan fingerprint density at radius 2 is 2.23 bits per heavy atom. The van der Waals surface area contributed by atoms with Crippen LogP contribution in [0.3, 0.4) is 0 Å². The molecule has 0 amide bonds. The number of aldehydes is 1. The summed E-state index contributed by atoms with van der Waals surface area (Å²) >= 11 is 1.36. The molecule has 0 saturated heterocycles. The standard InChI is InChI=1S/C9H8O3S/c1-13-8-4-6(9(11)12)2-3-7(8)5-10/h2-5H,1H3,(H,11,12). The molecule has 0 unspecified atom stereocenters. The first kappa shape index (κ1) is 9.80. The zero-order valence-corrected chi connectivity index (χ0v) is 7.80. The van der Waals surface area contributed by atoms with Crippen LogP contribution in [0.5, 0.6) is 0 Å². The molecule has 0 saturated carbocycles. The number of aromatic carboxylic acids is 1. The van der Waals surface area contributed by atoms with E-state index < -0.39 is 5.97 Å². The van der Waals surface area contributed by atoms with Crippen LogP contribution in [-0.4, -0.2) is 23.6 Å².